The fraction of sp³-hybridized carbons (Fsp3) is 0.200. The van der Waals surface area contributed by atoms with E-state index in [2.05, 4.69) is 0 Å². The fourth-order valence-electron chi connectivity index (χ4n) is 2.21. The summed E-state index contributed by atoms with van der Waals surface area (Å²) in [6.07, 6.45) is -0.366. The molecular formula is C15H14O2. The van der Waals surface area contributed by atoms with Crippen LogP contribution in [0.4, 0.5) is 0 Å². The average molecular weight is 227 g/mol. The third-order valence-corrected chi connectivity index (χ3v) is 3.06. The molecule has 0 bridgehead atoms. The first-order valence-electron chi connectivity index (χ1n) is 6.23. The number of rotatable bonds is 1. The molecule has 2 atom stereocenters. The standard InChI is InChI=1S/C15H14O2/c16-13-10-12-8-4-5-9-14(12)17-15(13)11-6-2-1-3-7-11/h1-9,13,15-16H,10H2/i2D. The minimum atomic E-state index is -0.568. The van der Waals surface area contributed by atoms with E-state index in [9.17, 15) is 5.11 Å². The van der Waals surface area contributed by atoms with Crippen LogP contribution in [0.3, 0.4) is 0 Å². The summed E-state index contributed by atoms with van der Waals surface area (Å²) in [7, 11) is 0. The molecular weight excluding hydrogens is 212 g/mol. The number of fused-ring (bicyclic) bond motifs is 1. The van der Waals surface area contributed by atoms with E-state index in [1.54, 1.807) is 12.1 Å². The molecule has 1 N–H and O–H groups in total. The Labute approximate surface area is 102 Å². The Bertz CT molecular complexity index is 568. The van der Waals surface area contributed by atoms with Gasteiger partial charge in [-0.2, -0.15) is 0 Å². The largest absolute Gasteiger partial charge is 0.483 e. The highest BCUT2D eigenvalue weighted by molar-refractivity contribution is 5.37. The summed E-state index contributed by atoms with van der Waals surface area (Å²) in [6.45, 7) is 0. The van der Waals surface area contributed by atoms with Crippen molar-refractivity contribution < 1.29 is 11.2 Å². The molecule has 1 heterocycles. The van der Waals surface area contributed by atoms with E-state index in [1.165, 1.54) is 0 Å². The van der Waals surface area contributed by atoms with Gasteiger partial charge in [0.05, 0.1) is 7.47 Å². The molecule has 86 valence electrons. The highest BCUT2D eigenvalue weighted by Crippen LogP contribution is 2.34. The first-order chi connectivity index (χ1) is 8.74. The zero-order chi connectivity index (χ0) is 12.5. The van der Waals surface area contributed by atoms with Crippen LogP contribution < -0.4 is 4.74 Å². The van der Waals surface area contributed by atoms with E-state index in [0.29, 0.717) is 12.5 Å². The Kier molecular flexibility index (Phi) is 2.30. The number of benzene rings is 2. The molecule has 0 saturated heterocycles. The molecule has 0 aliphatic carbocycles. The van der Waals surface area contributed by atoms with Crippen LogP contribution in [-0.2, 0) is 6.42 Å². The van der Waals surface area contributed by atoms with E-state index in [0.717, 1.165) is 16.9 Å². The van der Waals surface area contributed by atoms with Crippen LogP contribution in [0.2, 0.25) is 0 Å². The fourth-order valence-corrected chi connectivity index (χ4v) is 2.21. The van der Waals surface area contributed by atoms with Crippen LogP contribution in [0.15, 0.2) is 54.6 Å². The summed E-state index contributed by atoms with van der Waals surface area (Å²) in [6, 6.07) is 15.3. The van der Waals surface area contributed by atoms with Gasteiger partial charge in [0, 0.05) is 6.42 Å². The second-order valence-corrected chi connectivity index (χ2v) is 4.25. The zero-order valence-electron chi connectivity index (χ0n) is 10.3. The van der Waals surface area contributed by atoms with Crippen LogP contribution in [-0.4, -0.2) is 11.2 Å². The Morgan fingerprint density at radius 3 is 2.82 bits per heavy atom. The van der Waals surface area contributed by atoms with Gasteiger partial charge < -0.3 is 9.84 Å². The molecule has 17 heavy (non-hydrogen) atoms. The van der Waals surface area contributed by atoms with Crippen molar-refractivity contribution in [1.29, 1.82) is 0 Å². The molecule has 1 aliphatic rings. The third-order valence-electron chi connectivity index (χ3n) is 3.06. The van der Waals surface area contributed by atoms with Crippen LogP contribution in [0.25, 0.3) is 0 Å². The summed E-state index contributed by atoms with van der Waals surface area (Å²) >= 11 is 0. The van der Waals surface area contributed by atoms with Gasteiger partial charge in [-0.15, -0.1) is 0 Å². The predicted molar refractivity (Wildman–Crippen MR) is 66.0 cm³/mol. The molecule has 0 saturated carbocycles. The Morgan fingerprint density at radius 1 is 1.12 bits per heavy atom. The van der Waals surface area contributed by atoms with Crippen LogP contribution in [0.1, 0.15) is 18.6 Å². The third kappa shape index (κ3) is 1.92. The molecule has 2 aromatic carbocycles. The van der Waals surface area contributed by atoms with Crippen LogP contribution in [0, 0.1) is 0 Å². The summed E-state index contributed by atoms with van der Waals surface area (Å²) < 4.78 is 13.5. The lowest BCUT2D eigenvalue weighted by Crippen LogP contribution is -2.30. The van der Waals surface area contributed by atoms with Crippen molar-refractivity contribution in [3.8, 4) is 5.75 Å². The highest BCUT2D eigenvalue weighted by atomic mass is 16.5. The average Bonchev–Trinajstić information content (AvgIpc) is 2.38. The maximum Gasteiger partial charge on any atom is 0.150 e. The van der Waals surface area contributed by atoms with Gasteiger partial charge in [0.1, 0.15) is 11.9 Å². The van der Waals surface area contributed by atoms with Gasteiger partial charge in [-0.3, -0.25) is 0 Å². The lowest BCUT2D eigenvalue weighted by atomic mass is 9.95. The molecule has 0 amide bonds. The number of hydrogen-bond acceptors (Lipinski definition) is 2. The number of para-hydroxylation sites is 1. The SMILES string of the molecule is [2H]c1cccc(C2Oc3ccccc3CC2O)c1. The maximum atomic E-state index is 10.2. The number of aliphatic hydroxyl groups excluding tert-OH is 1. The number of hydrogen-bond donors (Lipinski definition) is 1. The van der Waals surface area contributed by atoms with Crippen LogP contribution in [0.5, 0.6) is 5.75 Å². The van der Waals surface area contributed by atoms with Gasteiger partial charge >= 0.3 is 0 Å². The summed E-state index contributed by atoms with van der Waals surface area (Å²) in [5.74, 6) is 0.822. The van der Waals surface area contributed by atoms with Gasteiger partial charge in [-0.25, -0.2) is 0 Å². The monoisotopic (exact) mass is 227 g/mol. The van der Waals surface area contributed by atoms with Crippen molar-refractivity contribution in [2.75, 3.05) is 0 Å². The Balaban J connectivity index is 1.96. The molecule has 0 fully saturated rings. The minimum Gasteiger partial charge on any atom is -0.483 e. The predicted octanol–water partition coefficient (Wildman–Crippen LogP) is 2.72. The molecule has 0 spiro atoms. The lowest BCUT2D eigenvalue weighted by molar-refractivity contribution is 0.0208. The Hall–Kier alpha value is -1.80. The maximum absolute atomic E-state index is 10.2. The van der Waals surface area contributed by atoms with Gasteiger partial charge in [0.25, 0.3) is 0 Å². The summed E-state index contributed by atoms with van der Waals surface area (Å²) in [5, 5.41) is 10.2. The zero-order valence-corrected chi connectivity index (χ0v) is 9.34. The number of aliphatic hydroxyl groups is 1. The van der Waals surface area contributed by atoms with Crippen molar-refractivity contribution in [3.05, 3.63) is 65.7 Å². The quantitative estimate of drug-likeness (QED) is 0.811. The molecule has 3 rings (SSSR count). The minimum absolute atomic E-state index is 0.384. The molecule has 2 aromatic rings. The molecule has 1 aliphatic heterocycles. The van der Waals surface area contributed by atoms with Crippen molar-refractivity contribution >= 4 is 0 Å². The molecule has 2 unspecified atom stereocenters. The Morgan fingerprint density at radius 2 is 1.94 bits per heavy atom. The van der Waals surface area contributed by atoms with Crippen LogP contribution >= 0.6 is 0 Å². The van der Waals surface area contributed by atoms with Crippen molar-refractivity contribution in [3.63, 3.8) is 0 Å². The summed E-state index contributed by atoms with van der Waals surface area (Å²) in [4.78, 5) is 0. The van der Waals surface area contributed by atoms with Crippen molar-refractivity contribution in [2.24, 2.45) is 0 Å². The molecule has 2 nitrogen and oxygen atoms in total. The first-order valence-corrected chi connectivity index (χ1v) is 5.73. The molecule has 0 aromatic heterocycles. The molecule has 2 heteroatoms. The lowest BCUT2D eigenvalue weighted by Gasteiger charge is -2.30. The topological polar surface area (TPSA) is 29.5 Å². The smallest absolute Gasteiger partial charge is 0.150 e. The second-order valence-electron chi connectivity index (χ2n) is 4.25. The second kappa shape index (κ2) is 4.22. The van der Waals surface area contributed by atoms with Gasteiger partial charge in [0.15, 0.2) is 0 Å². The van der Waals surface area contributed by atoms with Gasteiger partial charge in [-0.05, 0) is 17.2 Å². The highest BCUT2D eigenvalue weighted by Gasteiger charge is 2.29. The van der Waals surface area contributed by atoms with Gasteiger partial charge in [-0.1, -0.05) is 48.5 Å². The number of ether oxygens (including phenoxy) is 1. The van der Waals surface area contributed by atoms with Gasteiger partial charge in [0.2, 0.25) is 0 Å². The van der Waals surface area contributed by atoms with E-state index in [1.807, 2.05) is 36.4 Å². The van der Waals surface area contributed by atoms with Crippen molar-refractivity contribution in [1.82, 2.24) is 0 Å². The van der Waals surface area contributed by atoms with E-state index >= 15 is 0 Å². The first kappa shape index (κ1) is 9.25. The molecule has 0 radical (unpaired) electrons. The summed E-state index contributed by atoms with van der Waals surface area (Å²) in [5.41, 5.74) is 1.88. The normalized spacial score (nSPS) is 23.5. The van der Waals surface area contributed by atoms with E-state index in [4.69, 9.17) is 6.11 Å². The van der Waals surface area contributed by atoms with E-state index < -0.39 is 6.10 Å². The van der Waals surface area contributed by atoms with Crippen molar-refractivity contribution in [2.45, 2.75) is 18.6 Å². The van der Waals surface area contributed by atoms with E-state index in [-0.39, 0.29) is 6.10 Å².